The van der Waals surface area contributed by atoms with E-state index in [-0.39, 0.29) is 61.7 Å². The molecule has 7 aliphatic rings. The van der Waals surface area contributed by atoms with E-state index in [9.17, 15) is 30.6 Å². The summed E-state index contributed by atoms with van der Waals surface area (Å²) in [6.07, 6.45) is 45.2. The molecule has 7 rings (SSSR count). The van der Waals surface area contributed by atoms with E-state index >= 15 is 0 Å². The Bertz CT molecular complexity index is 1710. The van der Waals surface area contributed by atoms with Crippen LogP contribution in [0.2, 0.25) is 0 Å². The molecule has 0 aliphatic heterocycles. The van der Waals surface area contributed by atoms with Crippen LogP contribution in [0.5, 0.6) is 0 Å². The first-order valence-corrected chi connectivity index (χ1v) is 43.5. The van der Waals surface area contributed by atoms with Crippen LogP contribution in [0.1, 0.15) is 293 Å². The van der Waals surface area contributed by atoms with Gasteiger partial charge in [0.25, 0.3) is 0 Å². The van der Waals surface area contributed by atoms with Crippen molar-refractivity contribution in [3.63, 3.8) is 0 Å². The fraction of sp³-hybridized carbons (Fsp3) is 1.00. The van der Waals surface area contributed by atoms with Gasteiger partial charge in [-0.2, -0.15) is 0 Å². The molecule has 0 bridgehead atoms. The van der Waals surface area contributed by atoms with E-state index in [1.54, 1.807) is 0 Å². The van der Waals surface area contributed by atoms with E-state index in [2.05, 4.69) is 53.9 Å². The van der Waals surface area contributed by atoms with Crippen molar-refractivity contribution in [2.45, 2.75) is 372 Å². The van der Waals surface area contributed by atoms with Gasteiger partial charge in [-0.25, -0.2) is 0 Å². The van der Waals surface area contributed by atoms with Crippen LogP contribution in [0.4, 0.5) is 0 Å². The van der Waals surface area contributed by atoms with E-state index < -0.39 is 24.4 Å². The number of aliphatic hydroxyl groups excluding tert-OH is 6. The molecule has 0 aromatic heterocycles. The normalized spacial score (nSPS) is 21.1. The molecule has 0 heterocycles. The molecule has 0 aromatic carbocycles. The Balaban J connectivity index is 0.000000563. The van der Waals surface area contributed by atoms with Crippen LogP contribution >= 0.6 is 0 Å². The molecule has 7 aliphatic carbocycles. The molecular formula is C84H169N5O16. The molecule has 10 N–H and O–H groups in total. The van der Waals surface area contributed by atoms with Gasteiger partial charge in [0.2, 0.25) is 0 Å². The summed E-state index contributed by atoms with van der Waals surface area (Å²) in [5, 5.41) is 76.3. The van der Waals surface area contributed by atoms with Crippen LogP contribution in [-0.2, 0) is 47.4 Å². The monoisotopic (exact) mass is 1500 g/mol. The molecule has 8 unspecified atom stereocenters. The lowest BCUT2D eigenvalue weighted by molar-refractivity contribution is -0.0973. The van der Waals surface area contributed by atoms with Crippen molar-refractivity contribution < 1.29 is 78.0 Å². The minimum Gasteiger partial charge on any atom is -0.389 e. The van der Waals surface area contributed by atoms with Gasteiger partial charge in [0, 0.05) is 107 Å². The number of ether oxygens (including phenoxy) is 10. The smallest absolute Gasteiger partial charge is 0.104 e. The lowest BCUT2D eigenvalue weighted by atomic mass is 9.93. The number of hydrogen-bond acceptors (Lipinski definition) is 21. The van der Waals surface area contributed by atoms with Gasteiger partial charge in [0.05, 0.1) is 129 Å². The van der Waals surface area contributed by atoms with Crippen LogP contribution in [-0.4, -0.2) is 273 Å². The molecule has 21 heteroatoms. The predicted molar refractivity (Wildman–Crippen MR) is 426 cm³/mol. The van der Waals surface area contributed by atoms with Gasteiger partial charge in [-0.3, -0.25) is 4.90 Å². The topological polar surface area (TPSA) is 265 Å². The number of nitrogens with zero attached hydrogens (tertiary/aromatic N) is 1. The molecule has 21 nitrogen and oxygen atoms in total. The Morgan fingerprint density at radius 3 is 0.752 bits per heavy atom. The summed E-state index contributed by atoms with van der Waals surface area (Å²) in [5.74, 6) is 0. The van der Waals surface area contributed by atoms with Crippen LogP contribution in [0.3, 0.4) is 0 Å². The summed E-state index contributed by atoms with van der Waals surface area (Å²) in [4.78, 5) is 2.23. The summed E-state index contributed by atoms with van der Waals surface area (Å²) in [7, 11) is 0. The first-order chi connectivity index (χ1) is 50.9. The van der Waals surface area contributed by atoms with Gasteiger partial charge >= 0.3 is 0 Å². The molecular weight excluding hydrogens is 1330 g/mol. The van der Waals surface area contributed by atoms with Gasteiger partial charge < -0.3 is 99.3 Å². The van der Waals surface area contributed by atoms with Crippen molar-refractivity contribution in [3.8, 4) is 0 Å². The summed E-state index contributed by atoms with van der Waals surface area (Å²) >= 11 is 0. The highest BCUT2D eigenvalue weighted by molar-refractivity contribution is 4.82. The summed E-state index contributed by atoms with van der Waals surface area (Å²) in [6.45, 7) is 26.7. The molecule has 626 valence electrons. The second-order valence-electron chi connectivity index (χ2n) is 33.3. The Kier molecular flexibility index (Phi) is 61.4. The second kappa shape index (κ2) is 65.5. The van der Waals surface area contributed by atoms with Gasteiger partial charge in [0.15, 0.2) is 0 Å². The second-order valence-corrected chi connectivity index (χ2v) is 33.3. The zero-order valence-electron chi connectivity index (χ0n) is 68.9. The molecule has 105 heavy (non-hydrogen) atoms. The maximum atomic E-state index is 11.2. The quantitative estimate of drug-likeness (QED) is 0.0271. The number of hydrogen-bond donors (Lipinski definition) is 10. The molecule has 0 aromatic rings. The van der Waals surface area contributed by atoms with Crippen molar-refractivity contribution in [3.05, 3.63) is 0 Å². The van der Waals surface area contributed by atoms with E-state index in [4.69, 9.17) is 47.4 Å². The van der Waals surface area contributed by atoms with Gasteiger partial charge in [0.1, 0.15) is 12.2 Å². The van der Waals surface area contributed by atoms with Crippen LogP contribution < -0.4 is 21.3 Å². The summed E-state index contributed by atoms with van der Waals surface area (Å²) < 4.78 is 58.0. The van der Waals surface area contributed by atoms with E-state index in [1.165, 1.54) is 212 Å². The molecule has 7 fully saturated rings. The average Bonchev–Trinajstić information content (AvgIpc) is 0.878. The average molecular weight is 1510 g/mol. The number of aliphatic hydroxyl groups is 6. The number of rotatable bonds is 51. The molecule has 0 radical (unpaired) electrons. The molecule has 0 saturated heterocycles. The maximum absolute atomic E-state index is 11.2. The third-order valence-electron chi connectivity index (χ3n) is 21.3. The fourth-order valence-corrected chi connectivity index (χ4v) is 15.0. The highest BCUT2D eigenvalue weighted by atomic mass is 16.6. The molecule has 0 spiro atoms. The maximum Gasteiger partial charge on any atom is 0.104 e. The van der Waals surface area contributed by atoms with E-state index in [0.29, 0.717) is 162 Å². The zero-order chi connectivity index (χ0) is 76.1. The highest BCUT2D eigenvalue weighted by Gasteiger charge is 2.29. The van der Waals surface area contributed by atoms with Crippen molar-refractivity contribution in [1.29, 1.82) is 0 Å². The molecule has 8 atom stereocenters. The van der Waals surface area contributed by atoms with Crippen LogP contribution in [0, 0.1) is 10.8 Å². The lowest BCUT2D eigenvalue weighted by Crippen LogP contribution is -2.47. The van der Waals surface area contributed by atoms with Crippen molar-refractivity contribution in [2.75, 3.05) is 158 Å². The van der Waals surface area contributed by atoms with Crippen LogP contribution in [0.25, 0.3) is 0 Å². The molecule has 0 amide bonds. The van der Waals surface area contributed by atoms with Crippen molar-refractivity contribution >= 4 is 0 Å². The predicted octanol–water partition coefficient (Wildman–Crippen LogP) is 12.2. The Morgan fingerprint density at radius 1 is 0.276 bits per heavy atom. The third-order valence-corrected chi connectivity index (χ3v) is 21.3. The van der Waals surface area contributed by atoms with Crippen LogP contribution in [0.15, 0.2) is 0 Å². The van der Waals surface area contributed by atoms with Gasteiger partial charge in [-0.1, -0.05) is 201 Å². The summed E-state index contributed by atoms with van der Waals surface area (Å²) in [5.41, 5.74) is -0.606. The molecule has 7 saturated carbocycles. The van der Waals surface area contributed by atoms with Gasteiger partial charge in [-0.05, 0) is 91.9 Å². The lowest BCUT2D eigenvalue weighted by Gasteiger charge is -2.37. The Labute approximate surface area is 642 Å². The van der Waals surface area contributed by atoms with E-state index in [1.807, 2.05) is 27.7 Å². The summed E-state index contributed by atoms with van der Waals surface area (Å²) in [6, 6.07) is 2.52. The van der Waals surface area contributed by atoms with Crippen molar-refractivity contribution in [2.24, 2.45) is 10.8 Å². The minimum absolute atomic E-state index is 0.185. The fourth-order valence-electron chi connectivity index (χ4n) is 15.0. The Morgan fingerprint density at radius 2 is 0.486 bits per heavy atom. The third kappa shape index (κ3) is 56.1. The largest absolute Gasteiger partial charge is 0.389 e. The first-order valence-electron chi connectivity index (χ1n) is 43.5. The minimum atomic E-state index is -0.710. The Hall–Kier alpha value is -0.840. The van der Waals surface area contributed by atoms with E-state index in [0.717, 1.165) is 25.7 Å². The SMILES string of the molecule is C1CCCCC1.C1CCCCC1.CCOCC(COCC(C)(C)COCC(O)CN(CC(O)COCC(C)(C)COCC(COCC)OCC(O)CNC1CCCCC1)C1CCCCC1)OCC(O)CNC1CCCCC1.CCOCC(O)CNC1CCCCC1.CCOCC(O)CNC1CCCCC1. The van der Waals surface area contributed by atoms with Gasteiger partial charge in [-0.15, -0.1) is 0 Å². The van der Waals surface area contributed by atoms with Crippen molar-refractivity contribution in [1.82, 2.24) is 26.2 Å². The highest BCUT2D eigenvalue weighted by Crippen LogP contribution is 2.26. The standard InChI is InChI=1S/C50H99N3O12.2C11H23NO2.2C6H12/c1-7-58-32-47(64-30-43(54)24-51-40-18-12-9-13-19-40)34-62-38-49(3,4)36-60-28-45(56)26-53(42-22-16-11-17-23-42)27-46(57)29-61-37-50(5,6)39-63-35-48(33-59-8-2)65-31-44(55)25-52-41-20-14-10-15-21-41;2*1-2-14-9-11(13)8-12-10-6-4-3-5-7-10;2*1-2-4-6-5-3-1/h40-48,51-52,54-57H,7-39H2,1-6H3;2*10-13H,2-9H2,1H3;2*1-6H2. The first kappa shape index (κ1) is 98.4. The number of nitrogens with one attached hydrogen (secondary N) is 4. The zero-order valence-corrected chi connectivity index (χ0v) is 68.9.